The van der Waals surface area contributed by atoms with Crippen molar-refractivity contribution in [2.75, 3.05) is 0 Å². The van der Waals surface area contributed by atoms with Crippen molar-refractivity contribution in [3.05, 3.63) is 60.7 Å². The van der Waals surface area contributed by atoms with Gasteiger partial charge >= 0.3 is 0 Å². The fraction of sp³-hybridized carbons (Fsp3) is 0. The highest BCUT2D eigenvalue weighted by Crippen LogP contribution is 2.17. The van der Waals surface area contributed by atoms with Crippen molar-refractivity contribution in [1.82, 2.24) is 0 Å². The Bertz CT molecular complexity index is 308. The normalized spacial score (nSPS) is 8.29. The van der Waals surface area contributed by atoms with Crippen LogP contribution in [0.1, 0.15) is 0 Å². The Labute approximate surface area is 97.8 Å². The van der Waals surface area contributed by atoms with E-state index < -0.39 is 0 Å². The molecule has 2 heteroatoms. The lowest BCUT2D eigenvalue weighted by Crippen LogP contribution is -1.73. The Balaban J connectivity index is 0.000000845. The van der Waals surface area contributed by atoms with Gasteiger partial charge in [-0.3, -0.25) is 0 Å². The molecule has 14 heavy (non-hydrogen) atoms. The molecular weight excluding hydrogens is 212 g/mol. The Hall–Kier alpha value is -0.920. The fourth-order valence-electron chi connectivity index (χ4n) is 1.26. The molecule has 0 spiro atoms. The molecule has 0 radical (unpaired) electrons. The number of rotatable bonds is 1. The summed E-state index contributed by atoms with van der Waals surface area (Å²) in [5.41, 5.74) is 2.55. The summed E-state index contributed by atoms with van der Waals surface area (Å²) in [4.78, 5) is 0. The van der Waals surface area contributed by atoms with Gasteiger partial charge in [-0.15, -0.1) is 12.4 Å². The van der Waals surface area contributed by atoms with Gasteiger partial charge in [0.25, 0.3) is 0 Å². The van der Waals surface area contributed by atoms with Gasteiger partial charge in [-0.25, -0.2) is 0 Å². The van der Waals surface area contributed by atoms with Crippen LogP contribution in [0, 0.1) is 0 Å². The second-order valence-corrected chi connectivity index (χ2v) is 2.73. The molecule has 2 rings (SSSR count). The first kappa shape index (κ1) is 13.1. The van der Waals surface area contributed by atoms with E-state index in [2.05, 4.69) is 48.5 Å². The molecule has 0 nitrogen and oxygen atoms in total. The molecule has 0 unspecified atom stereocenters. The maximum atomic E-state index is 2.12. The maximum Gasteiger partial charge on any atom is -0.0184 e. The van der Waals surface area contributed by atoms with Gasteiger partial charge < -0.3 is 0 Å². The first-order valence-corrected chi connectivity index (χ1v) is 4.07. The van der Waals surface area contributed by atoms with E-state index in [0.29, 0.717) is 0 Å². The Morgan fingerprint density at radius 1 is 0.500 bits per heavy atom. The first-order valence-electron chi connectivity index (χ1n) is 4.07. The lowest BCUT2D eigenvalue weighted by Gasteiger charge is -1.98. The van der Waals surface area contributed by atoms with Crippen molar-refractivity contribution in [2.45, 2.75) is 0 Å². The predicted octanol–water partition coefficient (Wildman–Crippen LogP) is 3.89. The molecule has 0 aliphatic heterocycles. The summed E-state index contributed by atoms with van der Waals surface area (Å²) >= 11 is 0. The Morgan fingerprint density at radius 2 is 0.786 bits per heavy atom. The molecule has 0 amide bonds. The van der Waals surface area contributed by atoms with E-state index in [1.807, 2.05) is 12.1 Å². The SMILES string of the molecule is Cl.S.c1ccc(-c2ccccc2)cc1. The number of hydrogen-bond donors (Lipinski definition) is 0. The molecule has 0 bridgehead atoms. The van der Waals surface area contributed by atoms with Crippen LogP contribution in [-0.2, 0) is 0 Å². The zero-order valence-corrected chi connectivity index (χ0v) is 9.50. The van der Waals surface area contributed by atoms with Crippen molar-refractivity contribution >= 4 is 25.9 Å². The van der Waals surface area contributed by atoms with E-state index in [0.717, 1.165) is 0 Å². The number of hydrogen-bond acceptors (Lipinski definition) is 0. The van der Waals surface area contributed by atoms with E-state index in [-0.39, 0.29) is 25.9 Å². The number of halogens is 1. The highest BCUT2D eigenvalue weighted by molar-refractivity contribution is 7.59. The molecule has 0 fully saturated rings. The minimum Gasteiger partial charge on any atom is -0.197 e. The van der Waals surface area contributed by atoms with E-state index in [1.54, 1.807) is 0 Å². The van der Waals surface area contributed by atoms with Gasteiger partial charge in [0.05, 0.1) is 0 Å². The predicted molar refractivity (Wildman–Crippen MR) is 69.5 cm³/mol. The molecular formula is C12H13ClS. The van der Waals surface area contributed by atoms with Crippen molar-refractivity contribution in [2.24, 2.45) is 0 Å². The monoisotopic (exact) mass is 224 g/mol. The second kappa shape index (κ2) is 6.52. The molecule has 2 aromatic carbocycles. The third kappa shape index (κ3) is 3.09. The van der Waals surface area contributed by atoms with E-state index in [4.69, 9.17) is 0 Å². The highest BCUT2D eigenvalue weighted by atomic mass is 35.5. The van der Waals surface area contributed by atoms with Gasteiger partial charge in [-0.1, -0.05) is 60.7 Å². The van der Waals surface area contributed by atoms with Gasteiger partial charge in [0.15, 0.2) is 0 Å². The van der Waals surface area contributed by atoms with Crippen molar-refractivity contribution in [3.63, 3.8) is 0 Å². The van der Waals surface area contributed by atoms with Crippen molar-refractivity contribution < 1.29 is 0 Å². The zero-order valence-electron chi connectivity index (χ0n) is 7.68. The molecule has 0 aromatic heterocycles. The zero-order chi connectivity index (χ0) is 8.23. The summed E-state index contributed by atoms with van der Waals surface area (Å²) in [6.07, 6.45) is 0. The van der Waals surface area contributed by atoms with Gasteiger partial charge in [0.1, 0.15) is 0 Å². The third-order valence-corrected chi connectivity index (χ3v) is 1.88. The van der Waals surface area contributed by atoms with E-state index in [9.17, 15) is 0 Å². The topological polar surface area (TPSA) is 0 Å². The molecule has 0 aliphatic rings. The maximum absolute atomic E-state index is 2.12. The van der Waals surface area contributed by atoms with Crippen LogP contribution in [0.5, 0.6) is 0 Å². The largest absolute Gasteiger partial charge is 0.197 e. The summed E-state index contributed by atoms with van der Waals surface area (Å²) in [6.45, 7) is 0. The first-order chi connectivity index (χ1) is 5.97. The van der Waals surface area contributed by atoms with Crippen molar-refractivity contribution in [3.8, 4) is 11.1 Å². The molecule has 0 heterocycles. The fourth-order valence-corrected chi connectivity index (χ4v) is 1.26. The lowest BCUT2D eigenvalue weighted by atomic mass is 10.1. The quantitative estimate of drug-likeness (QED) is 0.690. The summed E-state index contributed by atoms with van der Waals surface area (Å²) in [5, 5.41) is 0. The molecule has 0 saturated carbocycles. The van der Waals surface area contributed by atoms with Crippen LogP contribution in [-0.4, -0.2) is 0 Å². The van der Waals surface area contributed by atoms with Crippen molar-refractivity contribution in [1.29, 1.82) is 0 Å². The van der Waals surface area contributed by atoms with Crippen LogP contribution in [0.15, 0.2) is 60.7 Å². The summed E-state index contributed by atoms with van der Waals surface area (Å²) in [7, 11) is 0. The van der Waals surface area contributed by atoms with Gasteiger partial charge in [0.2, 0.25) is 0 Å². The lowest BCUT2D eigenvalue weighted by molar-refractivity contribution is 1.62. The molecule has 74 valence electrons. The van der Waals surface area contributed by atoms with Crippen LogP contribution in [0.25, 0.3) is 11.1 Å². The molecule has 0 N–H and O–H groups in total. The smallest absolute Gasteiger partial charge is 0.0184 e. The molecule has 0 saturated heterocycles. The standard InChI is InChI=1S/C12H10.ClH.H2S/c1-3-7-11(8-4-1)12-9-5-2-6-10-12;;/h1-10H;1H;1H2. The number of benzene rings is 2. The summed E-state index contributed by atoms with van der Waals surface area (Å²) in [6, 6.07) is 20.8. The molecule has 0 aliphatic carbocycles. The van der Waals surface area contributed by atoms with E-state index in [1.165, 1.54) is 11.1 Å². The second-order valence-electron chi connectivity index (χ2n) is 2.73. The van der Waals surface area contributed by atoms with Crippen LogP contribution < -0.4 is 0 Å². The minimum atomic E-state index is 0. The van der Waals surface area contributed by atoms with Crippen LogP contribution in [0.3, 0.4) is 0 Å². The van der Waals surface area contributed by atoms with E-state index >= 15 is 0 Å². The summed E-state index contributed by atoms with van der Waals surface area (Å²) in [5.74, 6) is 0. The third-order valence-electron chi connectivity index (χ3n) is 1.88. The highest BCUT2D eigenvalue weighted by Gasteiger charge is 1.91. The van der Waals surface area contributed by atoms with Gasteiger partial charge in [-0.05, 0) is 11.1 Å². The minimum absolute atomic E-state index is 0. The Morgan fingerprint density at radius 3 is 1.07 bits per heavy atom. The van der Waals surface area contributed by atoms with Gasteiger partial charge in [0, 0.05) is 0 Å². The van der Waals surface area contributed by atoms with Crippen LogP contribution in [0.4, 0.5) is 0 Å². The Kier molecular flexibility index (Phi) is 6.09. The molecule has 2 aromatic rings. The van der Waals surface area contributed by atoms with Crippen LogP contribution in [0.2, 0.25) is 0 Å². The average molecular weight is 225 g/mol. The average Bonchev–Trinajstić information content (AvgIpc) is 2.21. The van der Waals surface area contributed by atoms with Crippen LogP contribution >= 0.6 is 25.9 Å². The molecule has 0 atom stereocenters. The summed E-state index contributed by atoms with van der Waals surface area (Å²) < 4.78 is 0. The van der Waals surface area contributed by atoms with Gasteiger partial charge in [-0.2, -0.15) is 13.5 Å².